The molecule has 1 aromatic carbocycles. The standard InChI is InChI=1S/C19H29N3O3/c1-14-8-15(2)11-22(10-14)13-19(24)21(3)12-18(23)20-16-6-5-7-17(9-16)25-4/h5-7,9,14-15H,8,10-13H2,1-4H3,(H,20,23)/p+1/t14-,15-/m1/s1. The molecule has 138 valence electrons. The molecule has 1 heterocycles. The van der Waals surface area contributed by atoms with Gasteiger partial charge in [-0.3, -0.25) is 9.59 Å². The molecule has 0 saturated carbocycles. The molecular formula is C19H30N3O3+. The summed E-state index contributed by atoms with van der Waals surface area (Å²) in [5.74, 6) is 1.78. The van der Waals surface area contributed by atoms with Gasteiger partial charge in [0.05, 0.1) is 26.7 Å². The van der Waals surface area contributed by atoms with Gasteiger partial charge in [-0.15, -0.1) is 0 Å². The minimum absolute atomic E-state index is 0.0112. The number of benzene rings is 1. The van der Waals surface area contributed by atoms with Crippen LogP contribution in [-0.2, 0) is 9.59 Å². The molecule has 0 aliphatic carbocycles. The molecule has 2 N–H and O–H groups in total. The summed E-state index contributed by atoms with van der Waals surface area (Å²) in [6.45, 7) is 7.04. The van der Waals surface area contributed by atoms with Gasteiger partial charge < -0.3 is 19.9 Å². The van der Waals surface area contributed by atoms with Crippen molar-refractivity contribution in [3.05, 3.63) is 24.3 Å². The molecule has 25 heavy (non-hydrogen) atoms. The Kier molecular flexibility index (Phi) is 6.82. The summed E-state index contributed by atoms with van der Waals surface area (Å²) in [4.78, 5) is 27.4. The van der Waals surface area contributed by atoms with Crippen molar-refractivity contribution in [2.24, 2.45) is 11.8 Å². The fourth-order valence-electron chi connectivity index (χ4n) is 3.62. The van der Waals surface area contributed by atoms with Crippen LogP contribution in [0.5, 0.6) is 5.75 Å². The second-order valence-electron chi connectivity index (χ2n) is 7.31. The number of likely N-dealkylation sites (tertiary alicyclic amines) is 1. The quantitative estimate of drug-likeness (QED) is 0.794. The second-order valence-corrected chi connectivity index (χ2v) is 7.31. The van der Waals surface area contributed by atoms with Crippen LogP contribution in [0.2, 0.25) is 0 Å². The minimum atomic E-state index is -0.209. The van der Waals surface area contributed by atoms with Gasteiger partial charge in [0.1, 0.15) is 5.75 Å². The van der Waals surface area contributed by atoms with Crippen molar-refractivity contribution in [3.63, 3.8) is 0 Å². The number of quaternary nitrogens is 1. The third kappa shape index (κ3) is 6.05. The highest BCUT2D eigenvalue weighted by Crippen LogP contribution is 2.16. The lowest BCUT2D eigenvalue weighted by Crippen LogP contribution is -3.15. The number of hydrogen-bond donors (Lipinski definition) is 2. The number of ether oxygens (including phenoxy) is 1. The lowest BCUT2D eigenvalue weighted by atomic mass is 9.92. The van der Waals surface area contributed by atoms with E-state index in [-0.39, 0.29) is 18.4 Å². The summed E-state index contributed by atoms with van der Waals surface area (Å²) < 4.78 is 5.14. The van der Waals surface area contributed by atoms with E-state index in [1.807, 2.05) is 12.1 Å². The van der Waals surface area contributed by atoms with Crippen LogP contribution in [0, 0.1) is 11.8 Å². The lowest BCUT2D eigenvalue weighted by Gasteiger charge is -2.32. The zero-order chi connectivity index (χ0) is 18.4. The van der Waals surface area contributed by atoms with Crippen molar-refractivity contribution < 1.29 is 19.2 Å². The van der Waals surface area contributed by atoms with Crippen molar-refractivity contribution in [1.29, 1.82) is 0 Å². The summed E-state index contributed by atoms with van der Waals surface area (Å²) in [7, 11) is 3.27. The van der Waals surface area contributed by atoms with E-state index in [2.05, 4.69) is 19.2 Å². The van der Waals surface area contributed by atoms with Crippen molar-refractivity contribution in [3.8, 4) is 5.75 Å². The number of hydrogen-bond acceptors (Lipinski definition) is 3. The summed E-state index contributed by atoms with van der Waals surface area (Å²) in [5.41, 5.74) is 0.662. The Labute approximate surface area is 150 Å². The molecule has 1 aliphatic rings. The predicted octanol–water partition coefficient (Wildman–Crippen LogP) is 0.653. The molecule has 1 aliphatic heterocycles. The molecule has 1 aromatic rings. The molecule has 6 nitrogen and oxygen atoms in total. The Balaban J connectivity index is 1.82. The van der Waals surface area contributed by atoms with Crippen LogP contribution < -0.4 is 15.0 Å². The minimum Gasteiger partial charge on any atom is -0.497 e. The van der Waals surface area contributed by atoms with Gasteiger partial charge in [-0.05, 0) is 18.6 Å². The van der Waals surface area contributed by atoms with Crippen LogP contribution in [-0.4, -0.2) is 57.1 Å². The summed E-state index contributed by atoms with van der Waals surface area (Å²) in [6, 6.07) is 7.17. The first-order chi connectivity index (χ1) is 11.9. The van der Waals surface area contributed by atoms with Gasteiger partial charge in [0.2, 0.25) is 5.91 Å². The van der Waals surface area contributed by atoms with Gasteiger partial charge in [-0.2, -0.15) is 0 Å². The molecule has 1 saturated heterocycles. The van der Waals surface area contributed by atoms with E-state index in [1.54, 1.807) is 26.3 Å². The van der Waals surface area contributed by atoms with E-state index in [0.29, 0.717) is 29.8 Å². The van der Waals surface area contributed by atoms with Crippen molar-refractivity contribution in [1.82, 2.24) is 4.90 Å². The van der Waals surface area contributed by atoms with Gasteiger partial charge in [0.15, 0.2) is 6.54 Å². The Morgan fingerprint density at radius 1 is 1.28 bits per heavy atom. The van der Waals surface area contributed by atoms with E-state index in [1.165, 1.54) is 16.2 Å². The number of amides is 2. The first-order valence-electron chi connectivity index (χ1n) is 8.88. The predicted molar refractivity (Wildman–Crippen MR) is 97.8 cm³/mol. The van der Waals surface area contributed by atoms with Crippen LogP contribution in [0.15, 0.2) is 24.3 Å². The summed E-state index contributed by atoms with van der Waals surface area (Å²) >= 11 is 0. The van der Waals surface area contributed by atoms with Crippen molar-refractivity contribution in [2.45, 2.75) is 20.3 Å². The molecule has 2 amide bonds. The number of likely N-dealkylation sites (N-methyl/N-ethyl adjacent to an activating group) is 1. The Morgan fingerprint density at radius 3 is 2.60 bits per heavy atom. The highest BCUT2D eigenvalue weighted by Gasteiger charge is 2.28. The Morgan fingerprint density at radius 2 is 1.96 bits per heavy atom. The molecule has 0 aromatic heterocycles. The average molecular weight is 348 g/mol. The van der Waals surface area contributed by atoms with E-state index in [0.717, 1.165) is 13.1 Å². The van der Waals surface area contributed by atoms with Gasteiger partial charge in [0.25, 0.3) is 5.91 Å². The number of carbonyl (C=O) groups excluding carboxylic acids is 2. The molecular weight excluding hydrogens is 318 g/mol. The van der Waals surface area contributed by atoms with Crippen LogP contribution in [0.1, 0.15) is 20.3 Å². The lowest BCUT2D eigenvalue weighted by molar-refractivity contribution is -0.904. The van der Waals surface area contributed by atoms with Crippen LogP contribution >= 0.6 is 0 Å². The number of methoxy groups -OCH3 is 1. The molecule has 0 radical (unpaired) electrons. The molecule has 0 unspecified atom stereocenters. The summed E-state index contributed by atoms with van der Waals surface area (Å²) in [6.07, 6.45) is 1.23. The molecule has 6 heteroatoms. The second kappa shape index (κ2) is 8.85. The van der Waals surface area contributed by atoms with E-state index in [9.17, 15) is 9.59 Å². The molecule has 0 bridgehead atoms. The number of nitrogens with zero attached hydrogens (tertiary/aromatic N) is 1. The third-order valence-corrected chi connectivity index (χ3v) is 4.64. The average Bonchev–Trinajstić information content (AvgIpc) is 2.53. The van der Waals surface area contributed by atoms with Crippen molar-refractivity contribution in [2.75, 3.05) is 45.7 Å². The summed E-state index contributed by atoms with van der Waals surface area (Å²) in [5, 5.41) is 2.80. The fourth-order valence-corrected chi connectivity index (χ4v) is 3.62. The Bertz CT molecular complexity index is 595. The highest BCUT2D eigenvalue weighted by molar-refractivity contribution is 5.94. The largest absolute Gasteiger partial charge is 0.497 e. The van der Waals surface area contributed by atoms with Gasteiger partial charge >= 0.3 is 0 Å². The van der Waals surface area contributed by atoms with E-state index >= 15 is 0 Å². The SMILES string of the molecule is COc1cccc(NC(=O)CN(C)C(=O)C[NH+]2C[C@H](C)C[C@@H](C)C2)c1. The third-order valence-electron chi connectivity index (χ3n) is 4.64. The molecule has 0 spiro atoms. The monoisotopic (exact) mass is 348 g/mol. The molecule has 2 atom stereocenters. The maximum absolute atomic E-state index is 12.4. The van der Waals surface area contributed by atoms with Gasteiger partial charge in [-0.25, -0.2) is 0 Å². The molecule has 1 fully saturated rings. The highest BCUT2D eigenvalue weighted by atomic mass is 16.5. The maximum Gasteiger partial charge on any atom is 0.277 e. The smallest absolute Gasteiger partial charge is 0.277 e. The van der Waals surface area contributed by atoms with Gasteiger partial charge in [0, 0.05) is 30.6 Å². The first-order valence-corrected chi connectivity index (χ1v) is 8.88. The van der Waals surface area contributed by atoms with E-state index < -0.39 is 0 Å². The van der Waals surface area contributed by atoms with Crippen LogP contribution in [0.25, 0.3) is 0 Å². The van der Waals surface area contributed by atoms with Crippen LogP contribution in [0.3, 0.4) is 0 Å². The number of anilines is 1. The van der Waals surface area contributed by atoms with Gasteiger partial charge in [-0.1, -0.05) is 19.9 Å². The number of rotatable bonds is 6. The number of carbonyl (C=O) groups is 2. The number of nitrogens with one attached hydrogen (secondary N) is 2. The van der Waals surface area contributed by atoms with E-state index in [4.69, 9.17) is 4.74 Å². The maximum atomic E-state index is 12.4. The van der Waals surface area contributed by atoms with Crippen LogP contribution in [0.4, 0.5) is 5.69 Å². The Hall–Kier alpha value is -2.08. The first kappa shape index (κ1) is 19.2. The fraction of sp³-hybridized carbons (Fsp3) is 0.579. The molecule has 2 rings (SSSR count). The normalized spacial score (nSPS) is 23.0. The number of piperidine rings is 1. The topological polar surface area (TPSA) is 63.1 Å². The van der Waals surface area contributed by atoms with Crippen molar-refractivity contribution >= 4 is 17.5 Å². The zero-order valence-corrected chi connectivity index (χ0v) is 15.7. The zero-order valence-electron chi connectivity index (χ0n) is 15.7.